The number of aromatic nitrogens is 1. The van der Waals surface area contributed by atoms with Crippen molar-refractivity contribution in [3.8, 4) is 11.5 Å². The number of aliphatic hydroxyl groups excluding tert-OH is 1. The molecule has 1 saturated heterocycles. The fraction of sp³-hybridized carbons (Fsp3) is 0.757. The maximum Gasteiger partial charge on any atom is 0.129 e. The first-order valence-electron chi connectivity index (χ1n) is 17.5. The molecule has 1 aromatic rings. The van der Waals surface area contributed by atoms with Crippen molar-refractivity contribution in [3.05, 3.63) is 36.0 Å². The number of oxazole rings is 1. The Balaban J connectivity index is 2.52. The average Bonchev–Trinajstić information content (AvgIpc) is 3.39. The van der Waals surface area contributed by atoms with Crippen LogP contribution in [-0.4, -0.2) is 82.5 Å². The molecule has 0 aliphatic carbocycles. The zero-order chi connectivity index (χ0) is 35.1. The second-order valence-corrected chi connectivity index (χ2v) is 41.3. The first-order chi connectivity index (χ1) is 21.2. The van der Waals surface area contributed by atoms with Gasteiger partial charge in [-0.1, -0.05) is 19.6 Å². The predicted molar refractivity (Wildman–Crippen MR) is 202 cm³/mol. The van der Waals surface area contributed by atoms with Gasteiger partial charge in [0.1, 0.15) is 8.07 Å². The van der Waals surface area contributed by atoms with Gasteiger partial charge in [-0.15, -0.1) is 11.5 Å². The van der Waals surface area contributed by atoms with Gasteiger partial charge in [0.15, 0.2) is 0 Å². The monoisotopic (exact) mass is 781 g/mol. The van der Waals surface area contributed by atoms with Crippen molar-refractivity contribution in [2.24, 2.45) is 5.92 Å². The van der Waals surface area contributed by atoms with Crippen LogP contribution >= 0.6 is 0 Å². The molecular weight excluding hydrogens is 713 g/mol. The van der Waals surface area contributed by atoms with Crippen LogP contribution in [0.1, 0.15) is 80.5 Å². The second kappa shape index (κ2) is 17.3. The number of rotatable bonds is 15. The molecule has 9 heteroatoms. The quantitative estimate of drug-likeness (QED) is 0.109. The van der Waals surface area contributed by atoms with Crippen LogP contribution in [0.5, 0.6) is 0 Å². The summed E-state index contributed by atoms with van der Waals surface area (Å²) in [4.78, 5) is 12.0. The Hall–Kier alpha value is -0.678. The van der Waals surface area contributed by atoms with Crippen LogP contribution in [0.4, 0.5) is 0 Å². The number of hydrogen-bond donors (Lipinski definition) is 1. The molecule has 0 amide bonds. The molecule has 1 N–H and O–H groups in total. The van der Waals surface area contributed by atoms with E-state index in [0.717, 1.165) is 28.0 Å². The molecule has 0 radical (unpaired) electrons. The molecule has 2 heterocycles. The van der Waals surface area contributed by atoms with Crippen LogP contribution in [0.2, 0.25) is 51.1 Å². The largest absolute Gasteiger partial charge is 0.132 e. The fourth-order valence-electron chi connectivity index (χ4n) is 7.08. The Kier molecular flexibility index (Phi) is 15.6. The van der Waals surface area contributed by atoms with E-state index >= 15 is 0 Å². The van der Waals surface area contributed by atoms with E-state index in [9.17, 15) is 5.11 Å². The number of nitrogens with zero attached hydrogens (tertiary/aromatic N) is 1. The molecule has 0 unspecified atom stereocenters. The van der Waals surface area contributed by atoms with Gasteiger partial charge in [-0.2, -0.15) is 0 Å². The van der Waals surface area contributed by atoms with Crippen molar-refractivity contribution in [1.82, 2.24) is 4.98 Å². The van der Waals surface area contributed by atoms with E-state index in [1.807, 2.05) is 6.26 Å². The summed E-state index contributed by atoms with van der Waals surface area (Å²) in [6.07, 6.45) is 10.6. The van der Waals surface area contributed by atoms with Crippen molar-refractivity contribution in [2.75, 3.05) is 13.7 Å². The van der Waals surface area contributed by atoms with E-state index in [0.29, 0.717) is 29.5 Å². The summed E-state index contributed by atoms with van der Waals surface area (Å²) in [6, 6.07) is 0. The molecule has 262 valence electrons. The van der Waals surface area contributed by atoms with Gasteiger partial charge in [0.2, 0.25) is 0 Å². The molecule has 46 heavy (non-hydrogen) atoms. The summed E-state index contributed by atoms with van der Waals surface area (Å²) in [5, 5.41) is 10.5. The Labute approximate surface area is 288 Å². The summed E-state index contributed by atoms with van der Waals surface area (Å²) in [7, 11) is -1.96. The summed E-state index contributed by atoms with van der Waals surface area (Å²) >= 11 is -2.37. The number of aliphatic hydroxyl groups is 1. The molecular formula is C37H67NO5Si2Sn. The molecule has 1 fully saturated rings. The van der Waals surface area contributed by atoms with Gasteiger partial charge >= 0.3 is 226 Å². The van der Waals surface area contributed by atoms with Crippen molar-refractivity contribution < 1.29 is 23.4 Å². The van der Waals surface area contributed by atoms with Gasteiger partial charge < -0.3 is 4.74 Å². The van der Waals surface area contributed by atoms with Gasteiger partial charge in [-0.05, 0) is 0 Å². The number of allylic oxidation sites excluding steroid dienone is 2. The minimum atomic E-state index is -2.37. The van der Waals surface area contributed by atoms with Crippen LogP contribution in [0, 0.1) is 17.4 Å². The summed E-state index contributed by atoms with van der Waals surface area (Å²) in [5.74, 6) is 4.19. The first kappa shape index (κ1) is 41.5. The fourth-order valence-corrected chi connectivity index (χ4v) is 15.7. The van der Waals surface area contributed by atoms with Crippen LogP contribution < -0.4 is 3.71 Å². The Morgan fingerprint density at radius 3 is 2.22 bits per heavy atom. The van der Waals surface area contributed by atoms with E-state index in [2.05, 4.69) is 120 Å². The van der Waals surface area contributed by atoms with Gasteiger partial charge in [0, 0.05) is 13.5 Å². The molecule has 5 atom stereocenters. The molecule has 1 aliphatic heterocycles. The minimum absolute atomic E-state index is 0.0709. The van der Waals surface area contributed by atoms with Crippen molar-refractivity contribution in [2.45, 2.75) is 156 Å². The maximum atomic E-state index is 10.5. The molecule has 6 nitrogen and oxygen atoms in total. The van der Waals surface area contributed by atoms with Crippen molar-refractivity contribution in [3.63, 3.8) is 0 Å². The van der Waals surface area contributed by atoms with Crippen molar-refractivity contribution >= 4 is 38.5 Å². The molecule has 1 aliphatic rings. The van der Waals surface area contributed by atoms with Crippen LogP contribution in [0.25, 0.3) is 0 Å². The zero-order valence-electron chi connectivity index (χ0n) is 31.9. The zero-order valence-corrected chi connectivity index (χ0v) is 36.8. The normalized spacial score (nSPS) is 23.3. The van der Waals surface area contributed by atoms with Crippen LogP contribution in [0.3, 0.4) is 0 Å². The first-order valence-corrected chi connectivity index (χ1v) is 33.1. The molecule has 0 bridgehead atoms. The third-order valence-electron chi connectivity index (χ3n) is 9.31. The smallest absolute Gasteiger partial charge is 0.129 e. The van der Waals surface area contributed by atoms with Crippen LogP contribution in [0.15, 0.2) is 34.5 Å². The number of hydrogen-bond acceptors (Lipinski definition) is 6. The summed E-state index contributed by atoms with van der Waals surface area (Å²) < 4.78 is 27.5. The van der Waals surface area contributed by atoms with E-state index in [4.69, 9.17) is 23.3 Å². The van der Waals surface area contributed by atoms with E-state index in [1.54, 1.807) is 7.11 Å². The van der Waals surface area contributed by atoms with Gasteiger partial charge in [-0.3, -0.25) is 0 Å². The third-order valence-corrected chi connectivity index (χ3v) is 21.4. The minimum Gasteiger partial charge on any atom is -0.132 e. The van der Waals surface area contributed by atoms with Gasteiger partial charge in [0.05, 0.1) is 6.10 Å². The Morgan fingerprint density at radius 1 is 1.13 bits per heavy atom. The summed E-state index contributed by atoms with van der Waals surface area (Å²) in [5.41, 5.74) is 5.32. The van der Waals surface area contributed by atoms with E-state index in [-0.39, 0.29) is 30.8 Å². The Morgan fingerprint density at radius 2 is 1.74 bits per heavy atom. The predicted octanol–water partition coefficient (Wildman–Crippen LogP) is 8.66. The topological polar surface area (TPSA) is 74.0 Å². The second-order valence-electron chi connectivity index (χ2n) is 16.8. The Bertz CT molecular complexity index is 1190. The molecule has 0 saturated carbocycles. The van der Waals surface area contributed by atoms with Crippen LogP contribution in [-0.2, 0) is 20.3 Å². The van der Waals surface area contributed by atoms with E-state index in [1.165, 1.54) is 0 Å². The maximum absolute atomic E-state index is 10.5. The number of methoxy groups -OCH3 is 1. The average molecular weight is 781 g/mol. The standard InChI is InChI=1S/C34H58NO5Si2.3CH3.Sn/c1-25(2)42(26(3)4,27(5)6)40-32(20-28(7)15-16-30(37-9)14-13-19-41(10,11)12)31-21-29(24-36)22-34(8,39-31)23-33-35-17-18-38-33;;;;/h15-16,18,20,25-27,29-32,36H,14,21-24H2,1-12H3;3*1H3;/b16-15+,28-20+;;;;/t29-,30-,31-,32-,34+;;;;/m1..../s1. The van der Waals surface area contributed by atoms with E-state index < -0.39 is 40.4 Å². The number of ether oxygens (including phenoxy) is 2. The molecule has 2 rings (SSSR count). The van der Waals surface area contributed by atoms with Gasteiger partial charge in [0.25, 0.3) is 0 Å². The summed E-state index contributed by atoms with van der Waals surface area (Å²) in [6.45, 7) is 25.1. The SMILES string of the molecule is CO[C@@H](/C=C/C(C)=C/[C@@H](O[Si](C(C)C)(C(C)C)C(C)C)[C@H]1C[C@@H](CO)C[C@@](C)(Cc2n[c]([Sn]([CH3])([CH3])[CH3])co2)O1)CC#C[Si](C)(C)C. The van der Waals surface area contributed by atoms with Gasteiger partial charge in [-0.25, -0.2) is 0 Å². The third kappa shape index (κ3) is 12.0. The molecule has 1 aromatic heterocycles. The molecule has 0 aromatic carbocycles. The van der Waals surface area contributed by atoms with Crippen molar-refractivity contribution in [1.29, 1.82) is 0 Å². The molecule has 0 spiro atoms.